The van der Waals surface area contributed by atoms with Gasteiger partial charge in [-0.3, -0.25) is 0 Å². The van der Waals surface area contributed by atoms with Gasteiger partial charge in [-0.05, 0) is 31.7 Å². The molecular formula is C13H14ClFN2S. The van der Waals surface area contributed by atoms with Gasteiger partial charge in [0.05, 0.1) is 10.7 Å². The van der Waals surface area contributed by atoms with E-state index in [0.717, 1.165) is 16.3 Å². The van der Waals surface area contributed by atoms with E-state index in [2.05, 4.69) is 17.2 Å². The lowest BCUT2D eigenvalue weighted by molar-refractivity contribution is 0.627. The average molecular weight is 285 g/mol. The summed E-state index contributed by atoms with van der Waals surface area (Å²) in [6, 6.07) is 4.70. The van der Waals surface area contributed by atoms with Crippen LogP contribution in [0.2, 0.25) is 5.02 Å². The molecule has 2 nitrogen and oxygen atoms in total. The summed E-state index contributed by atoms with van der Waals surface area (Å²) >= 11 is 7.60. The van der Waals surface area contributed by atoms with Crippen molar-refractivity contribution in [2.24, 2.45) is 0 Å². The van der Waals surface area contributed by atoms with E-state index < -0.39 is 0 Å². The number of nitrogens with zero attached hydrogens (tertiary/aromatic N) is 1. The second-order valence-electron chi connectivity index (χ2n) is 4.09. The van der Waals surface area contributed by atoms with Gasteiger partial charge in [0.2, 0.25) is 0 Å². The normalized spacial score (nSPS) is 12.7. The fraction of sp³-hybridized carbons (Fsp3) is 0.308. The van der Waals surface area contributed by atoms with Crippen molar-refractivity contribution < 1.29 is 4.39 Å². The zero-order valence-electron chi connectivity index (χ0n) is 10.2. The Bertz CT molecular complexity index is 542. The highest BCUT2D eigenvalue weighted by Gasteiger charge is 2.10. The molecule has 0 aliphatic carbocycles. The van der Waals surface area contributed by atoms with Gasteiger partial charge in [-0.2, -0.15) is 0 Å². The van der Waals surface area contributed by atoms with E-state index in [4.69, 9.17) is 11.6 Å². The molecule has 0 aliphatic rings. The molecule has 2 rings (SSSR count). The molecule has 1 unspecified atom stereocenters. The van der Waals surface area contributed by atoms with E-state index >= 15 is 0 Å². The van der Waals surface area contributed by atoms with Crippen molar-refractivity contribution in [3.63, 3.8) is 0 Å². The van der Waals surface area contributed by atoms with Gasteiger partial charge in [-0.1, -0.05) is 17.7 Å². The Morgan fingerprint density at radius 2 is 2.28 bits per heavy atom. The van der Waals surface area contributed by atoms with E-state index in [1.54, 1.807) is 17.4 Å². The van der Waals surface area contributed by atoms with Crippen LogP contribution in [0.3, 0.4) is 0 Å². The molecule has 1 atom stereocenters. The van der Waals surface area contributed by atoms with Crippen LogP contribution in [0.1, 0.15) is 29.2 Å². The molecule has 18 heavy (non-hydrogen) atoms. The van der Waals surface area contributed by atoms with Gasteiger partial charge in [0.1, 0.15) is 5.82 Å². The van der Waals surface area contributed by atoms with Crippen molar-refractivity contribution >= 4 is 22.9 Å². The van der Waals surface area contributed by atoms with Gasteiger partial charge in [-0.15, -0.1) is 11.3 Å². The lowest BCUT2D eigenvalue weighted by Crippen LogP contribution is -2.12. The predicted octanol–water partition coefficient (Wildman–Crippen LogP) is 3.81. The van der Waals surface area contributed by atoms with Crippen LogP contribution in [0.5, 0.6) is 0 Å². The summed E-state index contributed by atoms with van der Waals surface area (Å²) in [6.45, 7) is 2.06. The van der Waals surface area contributed by atoms with Crippen LogP contribution in [0.4, 0.5) is 4.39 Å². The first kappa shape index (κ1) is 13.5. The van der Waals surface area contributed by atoms with Gasteiger partial charge in [0, 0.05) is 22.9 Å². The van der Waals surface area contributed by atoms with Crippen LogP contribution in [-0.2, 0) is 6.42 Å². The van der Waals surface area contributed by atoms with E-state index in [1.165, 1.54) is 12.1 Å². The molecule has 96 valence electrons. The first-order chi connectivity index (χ1) is 8.60. The third-order valence-corrected chi connectivity index (χ3v) is 4.02. The Labute approximate surface area is 115 Å². The molecule has 1 N–H and O–H groups in total. The van der Waals surface area contributed by atoms with Crippen LogP contribution in [-0.4, -0.2) is 12.0 Å². The monoisotopic (exact) mass is 284 g/mol. The molecule has 2 aromatic rings. The smallest absolute Gasteiger partial charge is 0.124 e. The fourth-order valence-corrected chi connectivity index (χ4v) is 2.73. The molecule has 0 saturated heterocycles. The largest absolute Gasteiger partial charge is 0.312 e. The molecule has 0 spiro atoms. The minimum absolute atomic E-state index is 0.235. The molecular weight excluding hydrogens is 271 g/mol. The lowest BCUT2D eigenvalue weighted by Gasteiger charge is -2.05. The molecule has 5 heteroatoms. The number of hydrogen-bond donors (Lipinski definition) is 1. The maximum atomic E-state index is 12.9. The molecule has 1 heterocycles. The topological polar surface area (TPSA) is 24.9 Å². The van der Waals surface area contributed by atoms with Crippen LogP contribution in [0.25, 0.3) is 0 Å². The number of aromatic nitrogens is 1. The molecule has 0 amide bonds. The van der Waals surface area contributed by atoms with Crippen LogP contribution >= 0.6 is 22.9 Å². The maximum absolute atomic E-state index is 12.9. The van der Waals surface area contributed by atoms with Gasteiger partial charge in [0.25, 0.3) is 0 Å². The Kier molecular flexibility index (Phi) is 4.32. The second-order valence-corrected chi connectivity index (χ2v) is 5.44. The third kappa shape index (κ3) is 3.07. The standard InChI is InChI=1S/C13H14ClFN2S/c1-8(16-2)12-7-18-13(17-12)5-9-3-4-10(15)6-11(9)14/h3-4,6-8,16H,5H2,1-2H3. The van der Waals surface area contributed by atoms with E-state index in [-0.39, 0.29) is 11.9 Å². The Balaban J connectivity index is 2.16. The quantitative estimate of drug-likeness (QED) is 0.923. The summed E-state index contributed by atoms with van der Waals surface area (Å²) in [6.07, 6.45) is 0.639. The molecule has 0 aliphatic heterocycles. The van der Waals surface area contributed by atoms with Crippen molar-refractivity contribution in [1.82, 2.24) is 10.3 Å². The first-order valence-corrected chi connectivity index (χ1v) is 6.91. The highest BCUT2D eigenvalue weighted by molar-refractivity contribution is 7.09. The van der Waals surface area contributed by atoms with Crippen LogP contribution < -0.4 is 5.32 Å². The Morgan fingerprint density at radius 1 is 1.50 bits per heavy atom. The number of rotatable bonds is 4. The number of nitrogens with one attached hydrogen (secondary N) is 1. The van der Waals surface area contributed by atoms with Gasteiger partial charge < -0.3 is 5.32 Å². The predicted molar refractivity (Wildman–Crippen MR) is 73.8 cm³/mol. The zero-order valence-corrected chi connectivity index (χ0v) is 11.8. The molecule has 0 radical (unpaired) electrons. The Morgan fingerprint density at radius 3 is 2.94 bits per heavy atom. The van der Waals surface area contributed by atoms with Crippen molar-refractivity contribution in [2.75, 3.05) is 7.05 Å². The Hall–Kier alpha value is -0.970. The highest BCUT2D eigenvalue weighted by Crippen LogP contribution is 2.23. The van der Waals surface area contributed by atoms with Crippen molar-refractivity contribution in [2.45, 2.75) is 19.4 Å². The van der Waals surface area contributed by atoms with Gasteiger partial charge in [-0.25, -0.2) is 9.37 Å². The number of benzene rings is 1. The molecule has 1 aromatic heterocycles. The lowest BCUT2D eigenvalue weighted by atomic mass is 10.1. The van der Waals surface area contributed by atoms with Crippen LogP contribution in [0.15, 0.2) is 23.6 Å². The van der Waals surface area contributed by atoms with Crippen molar-refractivity contribution in [3.05, 3.63) is 50.7 Å². The minimum Gasteiger partial charge on any atom is -0.312 e. The van der Waals surface area contributed by atoms with E-state index in [0.29, 0.717) is 11.4 Å². The zero-order chi connectivity index (χ0) is 13.1. The fourth-order valence-electron chi connectivity index (χ4n) is 1.58. The third-order valence-electron chi connectivity index (χ3n) is 2.80. The summed E-state index contributed by atoms with van der Waals surface area (Å²) in [4.78, 5) is 4.54. The van der Waals surface area contributed by atoms with Gasteiger partial charge >= 0.3 is 0 Å². The van der Waals surface area contributed by atoms with Gasteiger partial charge in [0.15, 0.2) is 0 Å². The SMILES string of the molecule is CNC(C)c1csc(Cc2ccc(F)cc2Cl)n1. The second kappa shape index (κ2) is 5.78. The molecule has 0 fully saturated rings. The van der Waals surface area contributed by atoms with Crippen LogP contribution in [0, 0.1) is 5.82 Å². The van der Waals surface area contributed by atoms with Crippen molar-refractivity contribution in [3.8, 4) is 0 Å². The summed E-state index contributed by atoms with van der Waals surface area (Å²) in [5.41, 5.74) is 1.92. The first-order valence-electron chi connectivity index (χ1n) is 5.65. The summed E-state index contributed by atoms with van der Waals surface area (Å²) in [5.74, 6) is -0.313. The summed E-state index contributed by atoms with van der Waals surface area (Å²) in [5, 5.41) is 6.62. The minimum atomic E-state index is -0.313. The van der Waals surface area contributed by atoms with Crippen molar-refractivity contribution in [1.29, 1.82) is 0 Å². The number of halogens is 2. The molecule has 1 aromatic carbocycles. The molecule has 0 bridgehead atoms. The number of thiazole rings is 1. The maximum Gasteiger partial charge on any atom is 0.124 e. The average Bonchev–Trinajstić information content (AvgIpc) is 2.80. The summed E-state index contributed by atoms with van der Waals surface area (Å²) in [7, 11) is 1.90. The highest BCUT2D eigenvalue weighted by atomic mass is 35.5. The molecule has 0 saturated carbocycles. The number of hydrogen-bond acceptors (Lipinski definition) is 3. The van der Waals surface area contributed by atoms with E-state index in [1.807, 2.05) is 12.4 Å². The van der Waals surface area contributed by atoms with E-state index in [9.17, 15) is 4.39 Å². The summed E-state index contributed by atoms with van der Waals surface area (Å²) < 4.78 is 12.9.